The topological polar surface area (TPSA) is 49.8 Å². The number of nitrogens with one attached hydrogen (secondary N) is 2. The third-order valence-corrected chi connectivity index (χ3v) is 4.53. The molecule has 20 heavy (non-hydrogen) atoms. The number of aromatic nitrogens is 2. The lowest BCUT2D eigenvalue weighted by Crippen LogP contribution is -2.22. The van der Waals surface area contributed by atoms with Gasteiger partial charge in [0.25, 0.3) is 0 Å². The second-order valence-electron chi connectivity index (χ2n) is 6.54. The van der Waals surface area contributed by atoms with E-state index in [0.29, 0.717) is 11.3 Å². The van der Waals surface area contributed by atoms with Crippen molar-refractivity contribution >= 4 is 11.6 Å². The molecular weight excluding hydrogens is 248 g/mol. The summed E-state index contributed by atoms with van der Waals surface area (Å²) in [7, 11) is 0. The van der Waals surface area contributed by atoms with Crippen molar-refractivity contribution in [2.75, 3.05) is 23.7 Å². The first-order chi connectivity index (χ1) is 9.50. The first-order valence-corrected chi connectivity index (χ1v) is 7.83. The van der Waals surface area contributed by atoms with Crippen LogP contribution in [0.4, 0.5) is 11.6 Å². The van der Waals surface area contributed by atoms with Crippen LogP contribution in [0.15, 0.2) is 6.33 Å². The van der Waals surface area contributed by atoms with Crippen LogP contribution in [0, 0.1) is 11.3 Å². The molecule has 0 aromatic carbocycles. The van der Waals surface area contributed by atoms with Crippen molar-refractivity contribution in [2.45, 2.75) is 53.4 Å². The maximum Gasteiger partial charge on any atom is 0.135 e. The first-order valence-electron chi connectivity index (χ1n) is 7.83. The van der Waals surface area contributed by atoms with Crippen LogP contribution in [0.5, 0.6) is 0 Å². The van der Waals surface area contributed by atoms with E-state index in [1.54, 1.807) is 6.33 Å². The van der Waals surface area contributed by atoms with Gasteiger partial charge in [-0.1, -0.05) is 27.7 Å². The second kappa shape index (κ2) is 5.98. The summed E-state index contributed by atoms with van der Waals surface area (Å²) in [5.41, 5.74) is 1.69. The Kier molecular flexibility index (Phi) is 4.51. The molecule has 0 atom stereocenters. The highest BCUT2D eigenvalue weighted by molar-refractivity contribution is 5.59. The SMILES string of the molecule is CCNc1ncnc(NCC2(C(C)C)CC2)c1C(C)C. The van der Waals surface area contributed by atoms with E-state index in [1.165, 1.54) is 18.4 Å². The van der Waals surface area contributed by atoms with E-state index in [-0.39, 0.29) is 0 Å². The smallest absolute Gasteiger partial charge is 0.135 e. The predicted molar refractivity (Wildman–Crippen MR) is 85.3 cm³/mol. The summed E-state index contributed by atoms with van der Waals surface area (Å²) in [6, 6.07) is 0. The fourth-order valence-electron chi connectivity index (χ4n) is 2.77. The Labute approximate surface area is 122 Å². The minimum atomic E-state index is 0.405. The van der Waals surface area contributed by atoms with E-state index in [2.05, 4.69) is 55.2 Å². The van der Waals surface area contributed by atoms with Gasteiger partial charge in [0.2, 0.25) is 0 Å². The third-order valence-electron chi connectivity index (χ3n) is 4.53. The summed E-state index contributed by atoms with van der Waals surface area (Å²) in [6.07, 6.45) is 4.32. The van der Waals surface area contributed by atoms with Crippen molar-refractivity contribution in [1.82, 2.24) is 9.97 Å². The average molecular weight is 276 g/mol. The molecule has 112 valence electrons. The van der Waals surface area contributed by atoms with Gasteiger partial charge in [-0.15, -0.1) is 0 Å². The van der Waals surface area contributed by atoms with Gasteiger partial charge in [0.05, 0.1) is 0 Å². The van der Waals surface area contributed by atoms with Crippen molar-refractivity contribution < 1.29 is 0 Å². The fraction of sp³-hybridized carbons (Fsp3) is 0.750. The molecule has 2 rings (SSSR count). The molecule has 0 saturated heterocycles. The minimum absolute atomic E-state index is 0.405. The van der Waals surface area contributed by atoms with Gasteiger partial charge < -0.3 is 10.6 Å². The molecule has 4 heteroatoms. The molecule has 1 aliphatic rings. The van der Waals surface area contributed by atoms with Crippen molar-refractivity contribution in [3.05, 3.63) is 11.9 Å². The van der Waals surface area contributed by atoms with Gasteiger partial charge in [-0.25, -0.2) is 9.97 Å². The fourth-order valence-corrected chi connectivity index (χ4v) is 2.77. The Morgan fingerprint density at radius 1 is 1.10 bits per heavy atom. The molecule has 0 spiro atoms. The lowest BCUT2D eigenvalue weighted by molar-refractivity contribution is 0.379. The van der Waals surface area contributed by atoms with Crippen LogP contribution in [-0.4, -0.2) is 23.1 Å². The third kappa shape index (κ3) is 3.05. The van der Waals surface area contributed by atoms with Crippen LogP contribution in [0.3, 0.4) is 0 Å². The molecule has 1 saturated carbocycles. The second-order valence-corrected chi connectivity index (χ2v) is 6.54. The van der Waals surface area contributed by atoms with Crippen molar-refractivity contribution in [2.24, 2.45) is 11.3 Å². The maximum absolute atomic E-state index is 4.47. The zero-order chi connectivity index (χ0) is 14.8. The molecule has 4 nitrogen and oxygen atoms in total. The summed E-state index contributed by atoms with van der Waals surface area (Å²) in [6.45, 7) is 13.0. The van der Waals surface area contributed by atoms with Gasteiger partial charge >= 0.3 is 0 Å². The lowest BCUT2D eigenvalue weighted by atomic mass is 9.92. The van der Waals surface area contributed by atoms with Crippen molar-refractivity contribution in [3.8, 4) is 0 Å². The normalized spacial score (nSPS) is 16.6. The van der Waals surface area contributed by atoms with Crippen LogP contribution in [0.1, 0.15) is 58.9 Å². The zero-order valence-electron chi connectivity index (χ0n) is 13.5. The molecule has 1 aromatic rings. The molecule has 2 N–H and O–H groups in total. The van der Waals surface area contributed by atoms with E-state index in [0.717, 1.165) is 30.6 Å². The Bertz CT molecular complexity index is 450. The summed E-state index contributed by atoms with van der Waals surface area (Å²) in [4.78, 5) is 8.85. The van der Waals surface area contributed by atoms with Crippen LogP contribution in [0.25, 0.3) is 0 Å². The monoisotopic (exact) mass is 276 g/mol. The quantitative estimate of drug-likeness (QED) is 0.793. The van der Waals surface area contributed by atoms with Crippen LogP contribution < -0.4 is 10.6 Å². The summed E-state index contributed by atoms with van der Waals surface area (Å²) < 4.78 is 0. The van der Waals surface area contributed by atoms with Crippen LogP contribution >= 0.6 is 0 Å². The Morgan fingerprint density at radius 3 is 2.15 bits per heavy atom. The summed E-state index contributed by atoms with van der Waals surface area (Å²) in [5.74, 6) is 3.10. The highest BCUT2D eigenvalue weighted by atomic mass is 15.1. The molecule has 0 radical (unpaired) electrons. The van der Waals surface area contributed by atoms with Gasteiger partial charge in [0.15, 0.2) is 0 Å². The maximum atomic E-state index is 4.47. The molecular formula is C16H28N4. The lowest BCUT2D eigenvalue weighted by Gasteiger charge is -2.23. The number of nitrogens with zero attached hydrogens (tertiary/aromatic N) is 2. The zero-order valence-corrected chi connectivity index (χ0v) is 13.5. The molecule has 0 bridgehead atoms. The summed E-state index contributed by atoms with van der Waals surface area (Å²) >= 11 is 0. The Hall–Kier alpha value is -1.32. The van der Waals surface area contributed by atoms with E-state index < -0.39 is 0 Å². The van der Waals surface area contributed by atoms with Crippen LogP contribution in [0.2, 0.25) is 0 Å². The largest absolute Gasteiger partial charge is 0.370 e. The molecule has 1 fully saturated rings. The molecule has 1 aliphatic carbocycles. The highest BCUT2D eigenvalue weighted by Gasteiger charge is 2.45. The van der Waals surface area contributed by atoms with E-state index in [1.807, 2.05) is 0 Å². The molecule has 0 amide bonds. The van der Waals surface area contributed by atoms with Gasteiger partial charge in [0.1, 0.15) is 18.0 Å². The molecule has 0 unspecified atom stereocenters. The van der Waals surface area contributed by atoms with Gasteiger partial charge in [-0.2, -0.15) is 0 Å². The van der Waals surface area contributed by atoms with Crippen molar-refractivity contribution in [3.63, 3.8) is 0 Å². The number of rotatable bonds is 7. The minimum Gasteiger partial charge on any atom is -0.370 e. The average Bonchev–Trinajstić information content (AvgIpc) is 3.17. The molecule has 1 aromatic heterocycles. The Balaban J connectivity index is 2.16. The first kappa shape index (κ1) is 15.1. The van der Waals surface area contributed by atoms with E-state index in [4.69, 9.17) is 0 Å². The summed E-state index contributed by atoms with van der Waals surface area (Å²) in [5, 5.41) is 6.93. The molecule has 0 aliphatic heterocycles. The van der Waals surface area contributed by atoms with E-state index >= 15 is 0 Å². The van der Waals surface area contributed by atoms with Gasteiger partial charge in [-0.3, -0.25) is 0 Å². The van der Waals surface area contributed by atoms with Crippen LogP contribution in [-0.2, 0) is 0 Å². The van der Waals surface area contributed by atoms with E-state index in [9.17, 15) is 0 Å². The Morgan fingerprint density at radius 2 is 1.70 bits per heavy atom. The van der Waals surface area contributed by atoms with Crippen molar-refractivity contribution in [1.29, 1.82) is 0 Å². The number of hydrogen-bond donors (Lipinski definition) is 2. The molecule has 1 heterocycles. The number of hydrogen-bond acceptors (Lipinski definition) is 4. The number of anilines is 2. The standard InChI is InChI=1S/C16H28N4/c1-6-17-14-13(11(2)3)15(20-10-19-14)18-9-16(7-8-16)12(4)5/h10-12H,6-9H2,1-5H3,(H2,17,18,19,20). The van der Waals surface area contributed by atoms with Gasteiger partial charge in [-0.05, 0) is 37.0 Å². The highest BCUT2D eigenvalue weighted by Crippen LogP contribution is 2.51. The predicted octanol–water partition coefficient (Wildman–Crippen LogP) is 3.88. The van der Waals surface area contributed by atoms with Gasteiger partial charge in [0, 0.05) is 18.7 Å².